The molecule has 0 spiro atoms. The maximum Gasteiger partial charge on any atom is 0.274 e. The van der Waals surface area contributed by atoms with Gasteiger partial charge in [0, 0.05) is 13.1 Å². The van der Waals surface area contributed by atoms with Crippen molar-refractivity contribution >= 4 is 11.7 Å². The number of hydrogen-bond acceptors (Lipinski definition) is 5. The first-order chi connectivity index (χ1) is 7.69. The Labute approximate surface area is 93.7 Å². The van der Waals surface area contributed by atoms with E-state index in [0.717, 1.165) is 0 Å². The number of aromatic nitrogens is 2. The molecule has 0 aliphatic rings. The van der Waals surface area contributed by atoms with Gasteiger partial charge in [-0.2, -0.15) is 5.26 Å². The molecule has 2 N–H and O–H groups in total. The molecule has 0 saturated carbocycles. The minimum Gasteiger partial charge on any atom is -0.382 e. The van der Waals surface area contributed by atoms with E-state index in [1.165, 1.54) is 17.3 Å². The van der Waals surface area contributed by atoms with Crippen LogP contribution in [0.2, 0.25) is 0 Å². The van der Waals surface area contributed by atoms with E-state index in [-0.39, 0.29) is 17.4 Å². The van der Waals surface area contributed by atoms with Crippen molar-refractivity contribution in [2.75, 3.05) is 18.8 Å². The van der Waals surface area contributed by atoms with Crippen molar-refractivity contribution in [3.63, 3.8) is 0 Å². The summed E-state index contributed by atoms with van der Waals surface area (Å²) in [6.45, 7) is 2.76. The van der Waals surface area contributed by atoms with Gasteiger partial charge in [0.1, 0.15) is 11.5 Å². The Kier molecular flexibility index (Phi) is 4.21. The van der Waals surface area contributed by atoms with Crippen molar-refractivity contribution < 1.29 is 4.79 Å². The first kappa shape index (κ1) is 11.9. The molecule has 0 fully saturated rings. The van der Waals surface area contributed by atoms with Crippen molar-refractivity contribution in [1.29, 1.82) is 5.26 Å². The summed E-state index contributed by atoms with van der Waals surface area (Å²) in [6, 6.07) is 2.00. The molecule has 16 heavy (non-hydrogen) atoms. The second-order valence-electron chi connectivity index (χ2n) is 3.12. The molecule has 0 unspecified atom stereocenters. The summed E-state index contributed by atoms with van der Waals surface area (Å²) in [5, 5.41) is 8.47. The molecule has 6 heteroatoms. The number of nitriles is 1. The topological polar surface area (TPSA) is 95.9 Å². The monoisotopic (exact) mass is 219 g/mol. The lowest BCUT2D eigenvalue weighted by molar-refractivity contribution is 0.0761. The van der Waals surface area contributed by atoms with Crippen LogP contribution in [0.1, 0.15) is 23.8 Å². The van der Waals surface area contributed by atoms with Crippen LogP contribution in [0.4, 0.5) is 5.82 Å². The van der Waals surface area contributed by atoms with Gasteiger partial charge in [-0.25, -0.2) is 4.98 Å². The SMILES string of the molecule is CCN(CCC#N)C(=O)c1cncc(N)n1. The Balaban J connectivity index is 2.79. The fourth-order valence-corrected chi connectivity index (χ4v) is 1.23. The molecule has 0 atom stereocenters. The van der Waals surface area contributed by atoms with E-state index in [4.69, 9.17) is 11.0 Å². The molecular weight excluding hydrogens is 206 g/mol. The molecule has 1 aromatic rings. The number of carbonyl (C=O) groups is 1. The highest BCUT2D eigenvalue weighted by atomic mass is 16.2. The molecule has 1 amide bonds. The highest BCUT2D eigenvalue weighted by Crippen LogP contribution is 2.03. The lowest BCUT2D eigenvalue weighted by Crippen LogP contribution is -2.32. The molecule has 1 heterocycles. The van der Waals surface area contributed by atoms with E-state index in [0.29, 0.717) is 19.5 Å². The Bertz CT molecular complexity index is 412. The summed E-state index contributed by atoms with van der Waals surface area (Å²) in [5.74, 6) is -0.0419. The number of amides is 1. The van der Waals surface area contributed by atoms with Crippen molar-refractivity contribution in [3.05, 3.63) is 18.1 Å². The Hall–Kier alpha value is -2.16. The smallest absolute Gasteiger partial charge is 0.274 e. The number of anilines is 1. The highest BCUT2D eigenvalue weighted by Gasteiger charge is 2.15. The normalized spacial score (nSPS) is 9.50. The van der Waals surface area contributed by atoms with Crippen LogP contribution in [0.5, 0.6) is 0 Å². The summed E-state index contributed by atoms with van der Waals surface area (Å²) < 4.78 is 0. The van der Waals surface area contributed by atoms with Crippen LogP contribution in [-0.4, -0.2) is 33.9 Å². The van der Waals surface area contributed by atoms with Crippen LogP contribution < -0.4 is 5.73 Å². The van der Waals surface area contributed by atoms with Crippen LogP contribution in [-0.2, 0) is 0 Å². The molecular formula is C10H13N5O. The van der Waals surface area contributed by atoms with E-state index in [1.807, 2.05) is 13.0 Å². The van der Waals surface area contributed by atoms with E-state index < -0.39 is 0 Å². The summed E-state index contributed by atoms with van der Waals surface area (Å²) >= 11 is 0. The number of nitrogen functional groups attached to an aromatic ring is 1. The largest absolute Gasteiger partial charge is 0.382 e. The van der Waals surface area contributed by atoms with Gasteiger partial charge in [-0.15, -0.1) is 0 Å². The zero-order valence-corrected chi connectivity index (χ0v) is 9.05. The molecule has 1 rings (SSSR count). The average molecular weight is 219 g/mol. The number of carbonyl (C=O) groups excluding carboxylic acids is 1. The lowest BCUT2D eigenvalue weighted by atomic mass is 10.3. The molecule has 0 aliphatic carbocycles. The summed E-state index contributed by atoms with van der Waals surface area (Å²) in [5.41, 5.74) is 5.65. The van der Waals surface area contributed by atoms with Crippen LogP contribution in [0.15, 0.2) is 12.4 Å². The molecule has 1 aromatic heterocycles. The second kappa shape index (κ2) is 5.66. The van der Waals surface area contributed by atoms with Crippen molar-refractivity contribution in [3.8, 4) is 6.07 Å². The minimum absolute atomic E-state index is 0.208. The third kappa shape index (κ3) is 2.92. The van der Waals surface area contributed by atoms with Crippen molar-refractivity contribution in [2.24, 2.45) is 0 Å². The quantitative estimate of drug-likeness (QED) is 0.792. The number of nitrogens with two attached hydrogens (primary N) is 1. The maximum atomic E-state index is 11.9. The van der Waals surface area contributed by atoms with E-state index in [1.54, 1.807) is 0 Å². The fraction of sp³-hybridized carbons (Fsp3) is 0.400. The van der Waals surface area contributed by atoms with Gasteiger partial charge in [0.15, 0.2) is 0 Å². The maximum absolute atomic E-state index is 11.9. The number of nitrogens with zero attached hydrogens (tertiary/aromatic N) is 4. The first-order valence-corrected chi connectivity index (χ1v) is 4.92. The van der Waals surface area contributed by atoms with Crippen molar-refractivity contribution in [2.45, 2.75) is 13.3 Å². The Morgan fingerprint density at radius 1 is 1.62 bits per heavy atom. The van der Waals surface area contributed by atoms with E-state index >= 15 is 0 Å². The van der Waals surface area contributed by atoms with Gasteiger partial charge in [-0.05, 0) is 6.92 Å². The fourth-order valence-electron chi connectivity index (χ4n) is 1.23. The van der Waals surface area contributed by atoms with Crippen LogP contribution in [0.3, 0.4) is 0 Å². The molecule has 0 saturated heterocycles. The first-order valence-electron chi connectivity index (χ1n) is 4.92. The third-order valence-electron chi connectivity index (χ3n) is 2.03. The Morgan fingerprint density at radius 2 is 2.38 bits per heavy atom. The van der Waals surface area contributed by atoms with Crippen LogP contribution >= 0.6 is 0 Å². The van der Waals surface area contributed by atoms with Gasteiger partial charge < -0.3 is 10.6 Å². The minimum atomic E-state index is -0.252. The van der Waals surface area contributed by atoms with E-state index in [2.05, 4.69) is 9.97 Å². The highest BCUT2D eigenvalue weighted by molar-refractivity contribution is 5.92. The second-order valence-corrected chi connectivity index (χ2v) is 3.12. The predicted molar refractivity (Wildman–Crippen MR) is 58.3 cm³/mol. The summed E-state index contributed by atoms with van der Waals surface area (Å²) in [4.78, 5) is 21.1. The standard InChI is InChI=1S/C10H13N5O/c1-2-15(5-3-4-11)10(16)8-6-13-7-9(12)14-8/h6-7H,2-3,5H2,1H3,(H2,12,14). The van der Waals surface area contributed by atoms with Crippen molar-refractivity contribution in [1.82, 2.24) is 14.9 Å². The zero-order chi connectivity index (χ0) is 12.0. The van der Waals surface area contributed by atoms with Gasteiger partial charge in [0.05, 0.1) is 24.9 Å². The Morgan fingerprint density at radius 3 is 2.94 bits per heavy atom. The summed E-state index contributed by atoms with van der Waals surface area (Å²) in [7, 11) is 0. The van der Waals surface area contributed by atoms with Gasteiger partial charge >= 0.3 is 0 Å². The molecule has 84 valence electrons. The van der Waals surface area contributed by atoms with Crippen LogP contribution in [0, 0.1) is 11.3 Å². The zero-order valence-electron chi connectivity index (χ0n) is 9.05. The van der Waals surface area contributed by atoms with E-state index in [9.17, 15) is 4.79 Å². The summed E-state index contributed by atoms with van der Waals surface area (Å²) in [6.07, 6.45) is 3.05. The van der Waals surface area contributed by atoms with Gasteiger partial charge in [0.2, 0.25) is 0 Å². The van der Waals surface area contributed by atoms with Gasteiger partial charge in [-0.1, -0.05) is 0 Å². The molecule has 0 aliphatic heterocycles. The molecule has 0 bridgehead atoms. The third-order valence-corrected chi connectivity index (χ3v) is 2.03. The molecule has 0 radical (unpaired) electrons. The molecule has 0 aromatic carbocycles. The predicted octanol–water partition coefficient (Wildman–Crippen LogP) is 0.435. The van der Waals surface area contributed by atoms with Gasteiger partial charge in [-0.3, -0.25) is 9.78 Å². The van der Waals surface area contributed by atoms with Gasteiger partial charge in [0.25, 0.3) is 5.91 Å². The lowest BCUT2D eigenvalue weighted by Gasteiger charge is -2.18. The average Bonchev–Trinajstić information content (AvgIpc) is 2.29. The number of hydrogen-bond donors (Lipinski definition) is 1. The van der Waals surface area contributed by atoms with Crippen LogP contribution in [0.25, 0.3) is 0 Å². The number of rotatable bonds is 4. The molecule has 6 nitrogen and oxygen atoms in total.